The number of carbonyl (C=O) groups is 1. The molecule has 1 fully saturated rings. The van der Waals surface area contributed by atoms with E-state index in [0.717, 1.165) is 42.0 Å². The maximum atomic E-state index is 13.2. The second-order valence-electron chi connectivity index (χ2n) is 7.56. The minimum Gasteiger partial charge on any atom is -0.325 e. The highest BCUT2D eigenvalue weighted by atomic mass is 35.5. The molecule has 0 aliphatic heterocycles. The molecule has 5 heteroatoms. The molecule has 0 saturated heterocycles. The Hall–Kier alpha value is -1.42. The third kappa shape index (κ3) is 5.10. The zero-order valence-electron chi connectivity index (χ0n) is 16.0. The number of ketones is 1. The summed E-state index contributed by atoms with van der Waals surface area (Å²) in [6.07, 6.45) is 3.90. The van der Waals surface area contributed by atoms with Gasteiger partial charge in [0.05, 0.1) is 5.69 Å². The summed E-state index contributed by atoms with van der Waals surface area (Å²) in [5, 5.41) is 0.768. The summed E-state index contributed by atoms with van der Waals surface area (Å²) < 4.78 is 0. The average Bonchev–Trinajstić information content (AvgIpc) is 2.67. The van der Waals surface area contributed by atoms with Crippen molar-refractivity contribution in [1.29, 1.82) is 0 Å². The number of hydrogen-bond acceptors (Lipinski definition) is 3. The molecule has 0 bridgehead atoms. The molecule has 146 valence electrons. The standard InChI is InChI=1S/C22H27ClN2O.ClH/c1-14(2)20-12-11-19(13-24)25-21(20)22(26)17-5-3-15(4-6-17)16-7-9-18(23)10-8-16;/h7-12,14-15,17H,3-6,13,24H2,1-2H3;1H. The fraction of sp³-hybridized carbons (Fsp3) is 0.455. The Morgan fingerprint density at radius 1 is 1.11 bits per heavy atom. The topological polar surface area (TPSA) is 56.0 Å². The van der Waals surface area contributed by atoms with Crippen LogP contribution in [-0.2, 0) is 6.54 Å². The molecule has 2 N–H and O–H groups in total. The van der Waals surface area contributed by atoms with Gasteiger partial charge in [0.15, 0.2) is 5.78 Å². The molecule has 1 aliphatic carbocycles. The molecule has 0 unspecified atom stereocenters. The fourth-order valence-electron chi connectivity index (χ4n) is 3.90. The first kappa shape index (κ1) is 21.9. The normalized spacial score (nSPS) is 19.6. The lowest BCUT2D eigenvalue weighted by molar-refractivity contribution is 0.0877. The quantitative estimate of drug-likeness (QED) is 0.628. The van der Waals surface area contributed by atoms with Crippen LogP contribution in [-0.4, -0.2) is 10.8 Å². The summed E-state index contributed by atoms with van der Waals surface area (Å²) in [7, 11) is 0. The van der Waals surface area contributed by atoms with Gasteiger partial charge in [-0.25, -0.2) is 4.98 Å². The highest BCUT2D eigenvalue weighted by molar-refractivity contribution is 6.30. The SMILES string of the molecule is CC(C)c1ccc(CN)nc1C(=O)C1CCC(c2ccc(Cl)cc2)CC1.Cl. The number of halogens is 2. The van der Waals surface area contributed by atoms with E-state index in [1.807, 2.05) is 24.3 Å². The van der Waals surface area contributed by atoms with Crippen molar-refractivity contribution >= 4 is 29.8 Å². The highest BCUT2D eigenvalue weighted by Gasteiger charge is 2.30. The number of hydrogen-bond donors (Lipinski definition) is 1. The second kappa shape index (κ2) is 9.68. The third-order valence-electron chi connectivity index (χ3n) is 5.49. The molecule has 3 nitrogen and oxygen atoms in total. The van der Waals surface area contributed by atoms with Gasteiger partial charge in [-0.2, -0.15) is 0 Å². The van der Waals surface area contributed by atoms with Crippen LogP contribution in [0.15, 0.2) is 36.4 Å². The maximum absolute atomic E-state index is 13.2. The largest absolute Gasteiger partial charge is 0.325 e. The lowest BCUT2D eigenvalue weighted by Gasteiger charge is -2.28. The van der Waals surface area contributed by atoms with Crippen molar-refractivity contribution in [3.05, 3.63) is 63.9 Å². The number of pyridine rings is 1. The van der Waals surface area contributed by atoms with Crippen LogP contribution in [0.3, 0.4) is 0 Å². The summed E-state index contributed by atoms with van der Waals surface area (Å²) in [5.41, 5.74) is 9.51. The summed E-state index contributed by atoms with van der Waals surface area (Å²) in [4.78, 5) is 17.7. The first-order valence-corrected chi connectivity index (χ1v) is 9.87. The van der Waals surface area contributed by atoms with Crippen LogP contribution in [0.25, 0.3) is 0 Å². The molecule has 1 aliphatic rings. The van der Waals surface area contributed by atoms with Gasteiger partial charge < -0.3 is 5.73 Å². The minimum atomic E-state index is 0. The molecule has 0 spiro atoms. The van der Waals surface area contributed by atoms with E-state index in [0.29, 0.717) is 18.2 Å². The van der Waals surface area contributed by atoms with Gasteiger partial charge in [0.25, 0.3) is 0 Å². The van der Waals surface area contributed by atoms with Crippen molar-refractivity contribution in [2.24, 2.45) is 11.7 Å². The van der Waals surface area contributed by atoms with E-state index < -0.39 is 0 Å². The fourth-order valence-corrected chi connectivity index (χ4v) is 4.03. The summed E-state index contributed by atoms with van der Waals surface area (Å²) in [6.45, 7) is 4.57. The van der Waals surface area contributed by atoms with Gasteiger partial charge in [0, 0.05) is 17.5 Å². The van der Waals surface area contributed by atoms with Crippen LogP contribution in [0.2, 0.25) is 5.02 Å². The molecule has 0 amide bonds. The lowest BCUT2D eigenvalue weighted by atomic mass is 9.76. The molecular weight excluding hydrogens is 379 g/mol. The van der Waals surface area contributed by atoms with Crippen molar-refractivity contribution in [3.8, 4) is 0 Å². The second-order valence-corrected chi connectivity index (χ2v) is 8.00. The summed E-state index contributed by atoms with van der Waals surface area (Å²) in [5.74, 6) is 1.05. The summed E-state index contributed by atoms with van der Waals surface area (Å²) >= 11 is 5.99. The number of aromatic nitrogens is 1. The Bertz CT molecular complexity index is 766. The number of carbonyl (C=O) groups excluding carboxylic acids is 1. The van der Waals surface area contributed by atoms with E-state index in [1.54, 1.807) is 0 Å². The number of benzene rings is 1. The van der Waals surface area contributed by atoms with Gasteiger partial charge in [0.1, 0.15) is 5.69 Å². The van der Waals surface area contributed by atoms with Gasteiger partial charge >= 0.3 is 0 Å². The van der Waals surface area contributed by atoms with Crippen molar-refractivity contribution < 1.29 is 4.79 Å². The predicted octanol–water partition coefficient (Wildman–Crippen LogP) is 5.90. The van der Waals surface area contributed by atoms with Crippen molar-refractivity contribution in [3.63, 3.8) is 0 Å². The van der Waals surface area contributed by atoms with Gasteiger partial charge in [-0.1, -0.05) is 43.6 Å². The molecule has 1 saturated carbocycles. The predicted molar refractivity (Wildman–Crippen MR) is 114 cm³/mol. The smallest absolute Gasteiger partial charge is 0.184 e. The van der Waals surface area contributed by atoms with Crippen molar-refractivity contribution in [2.45, 2.75) is 57.9 Å². The first-order valence-electron chi connectivity index (χ1n) is 9.49. The molecule has 2 aromatic rings. The van der Waals surface area contributed by atoms with Crippen LogP contribution in [0, 0.1) is 5.92 Å². The van der Waals surface area contributed by atoms with Gasteiger partial charge in [-0.15, -0.1) is 12.4 Å². The van der Waals surface area contributed by atoms with Crippen LogP contribution >= 0.6 is 24.0 Å². The maximum Gasteiger partial charge on any atom is 0.184 e. The van der Waals surface area contributed by atoms with Crippen molar-refractivity contribution in [2.75, 3.05) is 0 Å². The molecule has 0 atom stereocenters. The van der Waals surface area contributed by atoms with Gasteiger partial charge in [-0.3, -0.25) is 4.79 Å². The first-order chi connectivity index (χ1) is 12.5. The third-order valence-corrected chi connectivity index (χ3v) is 5.74. The Labute approximate surface area is 173 Å². The van der Waals surface area contributed by atoms with E-state index in [9.17, 15) is 4.79 Å². The van der Waals surface area contributed by atoms with Crippen LogP contribution in [0.4, 0.5) is 0 Å². The molecule has 1 aromatic carbocycles. The van der Waals surface area contributed by atoms with Crippen LogP contribution < -0.4 is 5.73 Å². The molecule has 1 heterocycles. The molecule has 3 rings (SSSR count). The van der Waals surface area contributed by atoms with Gasteiger partial charge in [-0.05, 0) is 66.8 Å². The Balaban J connectivity index is 0.00000261. The minimum absolute atomic E-state index is 0. The van der Waals surface area contributed by atoms with E-state index >= 15 is 0 Å². The Morgan fingerprint density at radius 2 is 1.74 bits per heavy atom. The molecule has 27 heavy (non-hydrogen) atoms. The van der Waals surface area contributed by atoms with E-state index in [-0.39, 0.29) is 30.0 Å². The average molecular weight is 407 g/mol. The molecular formula is C22H28Cl2N2O. The lowest BCUT2D eigenvalue weighted by Crippen LogP contribution is -2.24. The Kier molecular flexibility index (Phi) is 7.84. The van der Waals surface area contributed by atoms with Gasteiger partial charge in [0.2, 0.25) is 0 Å². The zero-order chi connectivity index (χ0) is 18.7. The Morgan fingerprint density at radius 3 is 2.30 bits per heavy atom. The number of nitrogens with zero attached hydrogens (tertiary/aromatic N) is 1. The van der Waals surface area contributed by atoms with Crippen molar-refractivity contribution in [1.82, 2.24) is 4.98 Å². The zero-order valence-corrected chi connectivity index (χ0v) is 17.5. The summed E-state index contributed by atoms with van der Waals surface area (Å²) in [6, 6.07) is 12.1. The van der Waals surface area contributed by atoms with Crippen LogP contribution in [0.5, 0.6) is 0 Å². The van der Waals surface area contributed by atoms with E-state index in [1.165, 1.54) is 5.56 Å². The number of Topliss-reactive ketones (excluding diaryl/α,β-unsaturated/α-hetero) is 1. The highest BCUT2D eigenvalue weighted by Crippen LogP contribution is 2.38. The van der Waals surface area contributed by atoms with E-state index in [2.05, 4.69) is 31.0 Å². The number of rotatable bonds is 5. The van der Waals surface area contributed by atoms with E-state index in [4.69, 9.17) is 17.3 Å². The molecule has 0 radical (unpaired) electrons. The number of nitrogens with two attached hydrogens (primary N) is 1. The van der Waals surface area contributed by atoms with Crippen LogP contribution in [0.1, 0.15) is 78.7 Å². The molecule has 1 aromatic heterocycles. The monoisotopic (exact) mass is 406 g/mol.